The molecule has 1 aliphatic rings. The third kappa shape index (κ3) is 2.40. The van der Waals surface area contributed by atoms with E-state index in [1.807, 2.05) is 36.4 Å². The molecule has 0 bridgehead atoms. The predicted molar refractivity (Wildman–Crippen MR) is 120 cm³/mol. The van der Waals surface area contributed by atoms with Crippen molar-refractivity contribution in [2.45, 2.75) is 12.8 Å². The molecular formula is C26H18N2O2. The van der Waals surface area contributed by atoms with Crippen molar-refractivity contribution in [2.24, 2.45) is 0 Å². The van der Waals surface area contributed by atoms with Crippen LogP contribution in [0.4, 0.5) is 11.4 Å². The quantitative estimate of drug-likeness (QED) is 0.356. The fraction of sp³-hybridized carbons (Fsp3) is 0.0769. The number of aryl methyl sites for hydroxylation is 1. The summed E-state index contributed by atoms with van der Waals surface area (Å²) in [6, 6.07) is 24.1. The second-order valence-corrected chi connectivity index (χ2v) is 7.74. The number of aromatic nitrogens is 1. The molecule has 1 unspecified atom stereocenters. The average Bonchev–Trinajstić information content (AvgIpc) is 2.78. The topological polar surface area (TPSA) is 55.1 Å². The molecule has 0 spiro atoms. The lowest BCUT2D eigenvalue weighted by atomic mass is 9.79. The highest BCUT2D eigenvalue weighted by atomic mass is 16.4. The van der Waals surface area contributed by atoms with Crippen LogP contribution in [0.5, 0.6) is 0 Å². The van der Waals surface area contributed by atoms with Gasteiger partial charge >= 0.3 is 5.63 Å². The van der Waals surface area contributed by atoms with Crippen molar-refractivity contribution in [3.63, 3.8) is 0 Å². The van der Waals surface area contributed by atoms with E-state index in [4.69, 9.17) is 4.42 Å². The van der Waals surface area contributed by atoms with Gasteiger partial charge in [-0.1, -0.05) is 48.0 Å². The molecule has 3 aromatic carbocycles. The maximum Gasteiger partial charge on any atom is 0.342 e. The Morgan fingerprint density at radius 1 is 0.867 bits per heavy atom. The molecule has 1 aliphatic heterocycles. The summed E-state index contributed by atoms with van der Waals surface area (Å²) in [6.07, 6.45) is 1.79. The lowest BCUT2D eigenvalue weighted by Gasteiger charge is -2.30. The zero-order valence-corrected chi connectivity index (χ0v) is 16.3. The number of pyridine rings is 1. The van der Waals surface area contributed by atoms with Gasteiger partial charge in [0.15, 0.2) is 0 Å². The molecule has 1 atom stereocenters. The Kier molecular flexibility index (Phi) is 3.56. The van der Waals surface area contributed by atoms with Gasteiger partial charge in [0.25, 0.3) is 0 Å². The molecule has 5 aromatic rings. The molecule has 2 aromatic heterocycles. The molecular weight excluding hydrogens is 372 g/mol. The van der Waals surface area contributed by atoms with E-state index in [1.165, 1.54) is 5.56 Å². The number of rotatable bonds is 1. The zero-order valence-electron chi connectivity index (χ0n) is 16.3. The highest BCUT2D eigenvalue weighted by molar-refractivity contribution is 6.00. The Morgan fingerprint density at radius 3 is 2.53 bits per heavy atom. The Balaban J connectivity index is 1.76. The number of fused-ring (bicyclic) bond motifs is 6. The maximum atomic E-state index is 13.3. The summed E-state index contributed by atoms with van der Waals surface area (Å²) in [4.78, 5) is 17.8. The van der Waals surface area contributed by atoms with Crippen LogP contribution in [-0.2, 0) is 0 Å². The second-order valence-electron chi connectivity index (χ2n) is 7.74. The van der Waals surface area contributed by atoms with E-state index in [0.29, 0.717) is 11.1 Å². The van der Waals surface area contributed by atoms with E-state index < -0.39 is 0 Å². The van der Waals surface area contributed by atoms with Crippen LogP contribution in [0.2, 0.25) is 0 Å². The van der Waals surface area contributed by atoms with Crippen LogP contribution in [0.15, 0.2) is 88.2 Å². The van der Waals surface area contributed by atoms with Crippen molar-refractivity contribution in [2.75, 3.05) is 5.32 Å². The minimum absolute atomic E-state index is 0.245. The second kappa shape index (κ2) is 6.29. The molecule has 0 aliphatic carbocycles. The fourth-order valence-electron chi connectivity index (χ4n) is 4.53. The third-order valence-corrected chi connectivity index (χ3v) is 5.92. The van der Waals surface area contributed by atoms with Crippen LogP contribution in [-0.4, -0.2) is 4.98 Å². The maximum absolute atomic E-state index is 13.3. The number of para-hydroxylation sites is 1. The molecule has 0 radical (unpaired) electrons. The number of anilines is 2. The van der Waals surface area contributed by atoms with Crippen LogP contribution >= 0.6 is 0 Å². The molecule has 6 rings (SSSR count). The predicted octanol–water partition coefficient (Wildman–Crippen LogP) is 5.89. The van der Waals surface area contributed by atoms with E-state index >= 15 is 0 Å². The van der Waals surface area contributed by atoms with E-state index in [2.05, 4.69) is 53.6 Å². The zero-order chi connectivity index (χ0) is 20.2. The van der Waals surface area contributed by atoms with E-state index in [1.54, 1.807) is 6.20 Å². The first-order chi connectivity index (χ1) is 14.7. The van der Waals surface area contributed by atoms with Crippen molar-refractivity contribution < 1.29 is 4.42 Å². The van der Waals surface area contributed by atoms with Crippen molar-refractivity contribution in [1.29, 1.82) is 0 Å². The molecule has 0 saturated heterocycles. The van der Waals surface area contributed by atoms with Gasteiger partial charge < -0.3 is 9.73 Å². The van der Waals surface area contributed by atoms with Crippen molar-refractivity contribution in [3.05, 3.63) is 112 Å². The molecule has 30 heavy (non-hydrogen) atoms. The summed E-state index contributed by atoms with van der Waals surface area (Å²) >= 11 is 0. The monoisotopic (exact) mass is 390 g/mol. The lowest BCUT2D eigenvalue weighted by molar-refractivity contribution is 0.549. The molecule has 3 heterocycles. The first-order valence-corrected chi connectivity index (χ1v) is 9.97. The first kappa shape index (κ1) is 17.0. The van der Waals surface area contributed by atoms with Gasteiger partial charge in [-0.2, -0.15) is 0 Å². The van der Waals surface area contributed by atoms with Crippen molar-refractivity contribution >= 4 is 33.2 Å². The fourth-order valence-corrected chi connectivity index (χ4v) is 4.53. The Morgan fingerprint density at radius 2 is 1.67 bits per heavy atom. The van der Waals surface area contributed by atoms with Crippen LogP contribution < -0.4 is 10.9 Å². The van der Waals surface area contributed by atoms with Gasteiger partial charge in [0, 0.05) is 28.6 Å². The van der Waals surface area contributed by atoms with E-state index in [-0.39, 0.29) is 11.5 Å². The molecule has 0 amide bonds. The van der Waals surface area contributed by atoms with Gasteiger partial charge in [0.2, 0.25) is 0 Å². The van der Waals surface area contributed by atoms with Crippen LogP contribution in [0.25, 0.3) is 21.9 Å². The summed E-state index contributed by atoms with van der Waals surface area (Å²) in [7, 11) is 0. The van der Waals surface area contributed by atoms with Crippen molar-refractivity contribution in [3.8, 4) is 0 Å². The van der Waals surface area contributed by atoms with Crippen molar-refractivity contribution in [1.82, 2.24) is 4.98 Å². The van der Waals surface area contributed by atoms with Gasteiger partial charge in [-0.25, -0.2) is 4.79 Å². The van der Waals surface area contributed by atoms with Gasteiger partial charge in [0.05, 0.1) is 16.8 Å². The first-order valence-electron chi connectivity index (χ1n) is 9.97. The number of nitrogens with zero attached hydrogens (tertiary/aromatic N) is 1. The van der Waals surface area contributed by atoms with Crippen LogP contribution in [0, 0.1) is 6.92 Å². The highest BCUT2D eigenvalue weighted by Gasteiger charge is 2.33. The lowest BCUT2D eigenvalue weighted by Crippen LogP contribution is -2.22. The molecule has 1 N–H and O–H groups in total. The summed E-state index contributed by atoms with van der Waals surface area (Å²) < 4.78 is 5.75. The van der Waals surface area contributed by atoms with Gasteiger partial charge in [-0.3, -0.25) is 4.98 Å². The smallest absolute Gasteiger partial charge is 0.342 e. The average molecular weight is 390 g/mol. The summed E-state index contributed by atoms with van der Waals surface area (Å²) in [5.41, 5.74) is 6.93. The Hall–Kier alpha value is -3.92. The molecule has 0 fully saturated rings. The number of hydrogen-bond acceptors (Lipinski definition) is 4. The molecule has 4 heteroatoms. The highest BCUT2D eigenvalue weighted by Crippen LogP contribution is 2.48. The molecule has 144 valence electrons. The van der Waals surface area contributed by atoms with Crippen LogP contribution in [0.3, 0.4) is 0 Å². The Bertz CT molecular complexity index is 1500. The number of benzene rings is 3. The summed E-state index contributed by atoms with van der Waals surface area (Å²) in [5, 5.41) is 5.48. The normalized spacial score (nSPS) is 14.9. The minimum Gasteiger partial charge on any atom is -0.422 e. The minimum atomic E-state index is -0.312. The van der Waals surface area contributed by atoms with Gasteiger partial charge in [-0.05, 0) is 48.4 Å². The van der Waals surface area contributed by atoms with E-state index in [0.717, 1.165) is 38.8 Å². The molecule has 0 saturated carbocycles. The standard InChI is InChI=1S/C26H18N2O2/c1-15-8-10-16(11-9-15)22-23-17-6-4-14-27-19(17)12-13-20(23)28-25-18-5-2-3-7-21(18)30-26(29)24(22)25/h2-14,22,28H,1H3. The van der Waals surface area contributed by atoms with E-state index in [9.17, 15) is 4.79 Å². The number of nitrogens with one attached hydrogen (secondary N) is 1. The summed E-state index contributed by atoms with van der Waals surface area (Å²) in [6.45, 7) is 2.06. The Labute approximate surface area is 172 Å². The van der Waals surface area contributed by atoms with Crippen LogP contribution in [0.1, 0.15) is 28.2 Å². The van der Waals surface area contributed by atoms with Gasteiger partial charge in [-0.15, -0.1) is 0 Å². The number of hydrogen-bond donors (Lipinski definition) is 1. The van der Waals surface area contributed by atoms with Gasteiger partial charge in [0.1, 0.15) is 5.58 Å². The SMILES string of the molecule is Cc1ccc(C2c3c(c4ccccc4oc3=O)Nc3ccc4ncccc4c32)cc1. The molecule has 4 nitrogen and oxygen atoms in total. The third-order valence-electron chi connectivity index (χ3n) is 5.92. The summed E-state index contributed by atoms with van der Waals surface area (Å²) in [5.74, 6) is -0.245. The largest absolute Gasteiger partial charge is 0.422 e.